The molecule has 0 fully saturated rings. The van der Waals surface area contributed by atoms with Crippen molar-refractivity contribution in [3.05, 3.63) is 81.6 Å². The minimum absolute atomic E-state index is 0.197. The number of fused-ring (bicyclic) bond motifs is 2. The van der Waals surface area contributed by atoms with Crippen molar-refractivity contribution in [2.75, 3.05) is 5.32 Å². The van der Waals surface area contributed by atoms with E-state index in [1.807, 2.05) is 18.2 Å². The smallest absolute Gasteiger partial charge is 0.257 e. The Bertz CT molecular complexity index is 1590. The number of rotatable bonds is 4. The fourth-order valence-corrected chi connectivity index (χ4v) is 4.61. The lowest BCUT2D eigenvalue weighted by atomic mass is 10.1. The quantitative estimate of drug-likeness (QED) is 0.244. The van der Waals surface area contributed by atoms with Crippen molar-refractivity contribution < 1.29 is 13.6 Å². The lowest BCUT2D eigenvalue weighted by molar-refractivity contribution is 0.102. The van der Waals surface area contributed by atoms with Crippen molar-refractivity contribution in [1.82, 2.24) is 29.1 Å². The highest BCUT2D eigenvalue weighted by atomic mass is 127. The lowest BCUT2D eigenvalue weighted by Gasteiger charge is -2.08. The van der Waals surface area contributed by atoms with Crippen LogP contribution in [0.5, 0.6) is 0 Å². The van der Waals surface area contributed by atoms with Gasteiger partial charge in [0.25, 0.3) is 5.91 Å². The minimum atomic E-state index is -1.08. The number of hydrogen-bond acceptors (Lipinski definition) is 5. The Morgan fingerprint density at radius 1 is 1.00 bits per heavy atom. The Kier molecular flexibility index (Phi) is 5.28. The number of hydrogen-bond donors (Lipinski definition) is 1. The summed E-state index contributed by atoms with van der Waals surface area (Å²) in [5, 5.41) is 7.29. The van der Waals surface area contributed by atoms with E-state index in [9.17, 15) is 13.6 Å². The molecular formula is C24H16F2IN7O. The number of halogens is 3. The van der Waals surface area contributed by atoms with E-state index >= 15 is 0 Å². The second-order valence-electron chi connectivity index (χ2n) is 8.09. The Morgan fingerprint density at radius 2 is 1.77 bits per heavy atom. The fourth-order valence-electron chi connectivity index (χ4n) is 4.25. The van der Waals surface area contributed by atoms with Gasteiger partial charge in [-0.05, 0) is 53.3 Å². The number of amides is 1. The highest BCUT2D eigenvalue weighted by Crippen LogP contribution is 2.35. The Labute approximate surface area is 211 Å². The van der Waals surface area contributed by atoms with E-state index in [0.717, 1.165) is 63.6 Å². The lowest BCUT2D eigenvalue weighted by Crippen LogP contribution is -2.13. The molecule has 4 aromatic heterocycles. The zero-order chi connectivity index (χ0) is 24.1. The van der Waals surface area contributed by atoms with Gasteiger partial charge in [0.15, 0.2) is 11.5 Å². The van der Waals surface area contributed by atoms with Crippen LogP contribution in [0, 0.1) is 15.5 Å². The Hall–Kier alpha value is -3.74. The number of benzene rings is 1. The van der Waals surface area contributed by atoms with Gasteiger partial charge in [-0.3, -0.25) is 4.79 Å². The number of carbonyl (C=O) groups is 1. The largest absolute Gasteiger partial charge is 0.326 e. The number of pyridine rings is 1. The molecule has 0 spiro atoms. The summed E-state index contributed by atoms with van der Waals surface area (Å²) in [6, 6.07) is 13.6. The molecule has 0 radical (unpaired) electrons. The first-order valence-corrected chi connectivity index (χ1v) is 11.9. The van der Waals surface area contributed by atoms with Crippen molar-refractivity contribution in [2.45, 2.75) is 19.4 Å². The normalized spacial score (nSPS) is 12.8. The fraction of sp³-hybridized carbons (Fsp3) is 0.125. The molecule has 1 aliphatic rings. The van der Waals surface area contributed by atoms with E-state index in [4.69, 9.17) is 10.1 Å². The maximum absolute atomic E-state index is 13.4. The monoisotopic (exact) mass is 583 g/mol. The van der Waals surface area contributed by atoms with Gasteiger partial charge in [-0.15, -0.1) is 0 Å². The maximum atomic E-state index is 13.4. The molecule has 8 nitrogen and oxygen atoms in total. The second-order valence-corrected chi connectivity index (χ2v) is 9.34. The maximum Gasteiger partial charge on any atom is 0.257 e. The summed E-state index contributed by atoms with van der Waals surface area (Å²) in [5.74, 6) is -1.62. The number of aryl methyl sites for hydroxylation is 1. The standard InChI is InChI=1S/C24H16F2IN7O/c25-17-10-14(11-18(26)28-17)24(35)30-19-12-34-21(29-19)8-7-16(32-34)23-22(13-3-5-15(27)6-4-13)31-20-2-1-9-33(20)23/h3-8,10-12H,1-2,9H2,(H,30,35). The molecule has 5 aromatic rings. The molecule has 5 heterocycles. The zero-order valence-electron chi connectivity index (χ0n) is 18.0. The Balaban J connectivity index is 1.37. The highest BCUT2D eigenvalue weighted by Gasteiger charge is 2.24. The van der Waals surface area contributed by atoms with E-state index in [1.54, 1.807) is 16.8 Å². The van der Waals surface area contributed by atoms with Crippen LogP contribution in [-0.2, 0) is 13.0 Å². The third-order valence-electron chi connectivity index (χ3n) is 5.78. The molecular weight excluding hydrogens is 567 g/mol. The van der Waals surface area contributed by atoms with Crippen LogP contribution in [0.4, 0.5) is 14.6 Å². The van der Waals surface area contributed by atoms with Crippen LogP contribution in [-0.4, -0.2) is 35.0 Å². The number of anilines is 1. The molecule has 0 atom stereocenters. The molecule has 0 unspecified atom stereocenters. The van der Waals surface area contributed by atoms with E-state index in [1.165, 1.54) is 0 Å². The SMILES string of the molecule is O=C(Nc1cn2nc(-c3c(-c4ccc(I)cc4)nc4n3CCC4)ccc2n1)c1cc(F)nc(F)c1. The molecule has 174 valence electrons. The molecule has 6 rings (SSSR count). The first-order valence-electron chi connectivity index (χ1n) is 10.8. The topological polar surface area (TPSA) is 90.0 Å². The number of aromatic nitrogens is 6. The van der Waals surface area contributed by atoms with Gasteiger partial charge in [0, 0.05) is 39.8 Å². The van der Waals surface area contributed by atoms with Gasteiger partial charge < -0.3 is 9.88 Å². The molecule has 0 saturated carbocycles. The number of nitrogens with zero attached hydrogens (tertiary/aromatic N) is 6. The van der Waals surface area contributed by atoms with Gasteiger partial charge in [0.05, 0.1) is 17.6 Å². The van der Waals surface area contributed by atoms with Gasteiger partial charge in [0.2, 0.25) is 11.9 Å². The van der Waals surface area contributed by atoms with Gasteiger partial charge in [0.1, 0.15) is 11.5 Å². The molecule has 0 bridgehead atoms. The molecule has 11 heteroatoms. The number of nitrogens with one attached hydrogen (secondary N) is 1. The van der Waals surface area contributed by atoms with Gasteiger partial charge in [-0.25, -0.2) is 14.5 Å². The van der Waals surface area contributed by atoms with Crippen LogP contribution in [0.1, 0.15) is 22.6 Å². The summed E-state index contributed by atoms with van der Waals surface area (Å²) in [6.45, 7) is 0.867. The van der Waals surface area contributed by atoms with E-state index in [2.05, 4.69) is 54.6 Å². The van der Waals surface area contributed by atoms with Crippen molar-refractivity contribution in [1.29, 1.82) is 0 Å². The van der Waals surface area contributed by atoms with Crippen LogP contribution in [0.15, 0.2) is 54.7 Å². The van der Waals surface area contributed by atoms with Crippen molar-refractivity contribution >= 4 is 40.0 Å². The van der Waals surface area contributed by atoms with Crippen LogP contribution < -0.4 is 5.32 Å². The first kappa shape index (κ1) is 21.8. The summed E-state index contributed by atoms with van der Waals surface area (Å²) in [4.78, 5) is 24.7. The number of carbonyl (C=O) groups excluding carboxylic acids is 1. The van der Waals surface area contributed by atoms with Crippen molar-refractivity contribution in [3.8, 4) is 22.6 Å². The molecule has 1 amide bonds. The van der Waals surface area contributed by atoms with Gasteiger partial charge >= 0.3 is 0 Å². The highest BCUT2D eigenvalue weighted by molar-refractivity contribution is 14.1. The van der Waals surface area contributed by atoms with Crippen LogP contribution in [0.2, 0.25) is 0 Å². The first-order chi connectivity index (χ1) is 16.9. The minimum Gasteiger partial charge on any atom is -0.326 e. The zero-order valence-corrected chi connectivity index (χ0v) is 20.2. The second kappa shape index (κ2) is 8.48. The molecule has 35 heavy (non-hydrogen) atoms. The summed E-state index contributed by atoms with van der Waals surface area (Å²) < 4.78 is 31.7. The summed E-state index contributed by atoms with van der Waals surface area (Å²) in [5.41, 5.74) is 3.85. The van der Waals surface area contributed by atoms with Crippen LogP contribution in [0.3, 0.4) is 0 Å². The summed E-state index contributed by atoms with van der Waals surface area (Å²) in [6.07, 6.45) is 3.50. The average Bonchev–Trinajstić information content (AvgIpc) is 3.52. The summed E-state index contributed by atoms with van der Waals surface area (Å²) >= 11 is 2.27. The molecule has 1 N–H and O–H groups in total. The molecule has 0 saturated heterocycles. The third-order valence-corrected chi connectivity index (χ3v) is 6.49. The summed E-state index contributed by atoms with van der Waals surface area (Å²) in [7, 11) is 0. The average molecular weight is 583 g/mol. The van der Waals surface area contributed by atoms with Crippen molar-refractivity contribution in [3.63, 3.8) is 0 Å². The Morgan fingerprint density at radius 3 is 2.54 bits per heavy atom. The van der Waals surface area contributed by atoms with E-state index in [-0.39, 0.29) is 11.4 Å². The molecule has 1 aliphatic heterocycles. The molecule has 1 aromatic carbocycles. The van der Waals surface area contributed by atoms with Crippen molar-refractivity contribution in [2.24, 2.45) is 0 Å². The van der Waals surface area contributed by atoms with E-state index in [0.29, 0.717) is 5.65 Å². The molecule has 0 aliphatic carbocycles. The third kappa shape index (κ3) is 4.05. The number of imidazole rings is 2. The van der Waals surface area contributed by atoms with Gasteiger partial charge in [-0.1, -0.05) is 12.1 Å². The van der Waals surface area contributed by atoms with Gasteiger partial charge in [-0.2, -0.15) is 18.9 Å². The van der Waals surface area contributed by atoms with E-state index < -0.39 is 17.8 Å². The predicted octanol–water partition coefficient (Wildman–Crippen LogP) is 4.74. The van der Waals surface area contributed by atoms with Crippen LogP contribution >= 0.6 is 22.6 Å². The predicted molar refractivity (Wildman–Crippen MR) is 133 cm³/mol. The van der Waals surface area contributed by atoms with Crippen LogP contribution in [0.25, 0.3) is 28.3 Å².